The van der Waals surface area contributed by atoms with Crippen LogP contribution in [0.5, 0.6) is 0 Å². The first kappa shape index (κ1) is 13.6. The quantitative estimate of drug-likeness (QED) is 0.703. The highest BCUT2D eigenvalue weighted by atomic mass is 32.2. The predicted octanol–water partition coefficient (Wildman–Crippen LogP) is 0.0374. The number of likely N-dealkylation sites (N-methyl/N-ethyl adjacent to an activating group) is 1. The zero-order chi connectivity index (χ0) is 12.9. The molecule has 1 aromatic carbocycles. The van der Waals surface area contributed by atoms with Crippen molar-refractivity contribution in [2.75, 3.05) is 13.6 Å². The van der Waals surface area contributed by atoms with E-state index in [9.17, 15) is 13.2 Å². The Hall–Kier alpha value is -1.44. The van der Waals surface area contributed by atoms with Gasteiger partial charge in [0.1, 0.15) is 6.54 Å². The number of benzene rings is 1. The zero-order valence-electron chi connectivity index (χ0n) is 9.33. The van der Waals surface area contributed by atoms with E-state index in [1.54, 1.807) is 30.3 Å². The first-order valence-electron chi connectivity index (χ1n) is 4.86. The van der Waals surface area contributed by atoms with Crippen molar-refractivity contribution in [2.45, 2.75) is 5.75 Å². The molecule has 0 bridgehead atoms. The number of aliphatic carboxylic acids is 1. The smallest absolute Gasteiger partial charge is 0.319 e. The molecule has 94 valence electrons. The molecule has 0 aromatic heterocycles. The van der Waals surface area contributed by atoms with Crippen molar-refractivity contribution in [2.24, 2.45) is 0 Å². The van der Waals surface area contributed by atoms with E-state index in [2.05, 4.69) is 4.83 Å². The van der Waals surface area contributed by atoms with Crippen molar-refractivity contribution in [3.8, 4) is 0 Å². The van der Waals surface area contributed by atoms with Crippen LogP contribution in [0.25, 0.3) is 0 Å². The van der Waals surface area contributed by atoms with Gasteiger partial charge in [0.05, 0.1) is 5.75 Å². The predicted molar refractivity (Wildman–Crippen MR) is 62.5 cm³/mol. The lowest BCUT2D eigenvalue weighted by Crippen LogP contribution is -2.42. The minimum Gasteiger partial charge on any atom is -0.480 e. The van der Waals surface area contributed by atoms with Crippen LogP contribution < -0.4 is 4.83 Å². The summed E-state index contributed by atoms with van der Waals surface area (Å²) < 4.78 is 23.3. The Morgan fingerprint density at radius 2 is 1.94 bits per heavy atom. The van der Waals surface area contributed by atoms with Crippen molar-refractivity contribution in [3.05, 3.63) is 35.9 Å². The van der Waals surface area contributed by atoms with Gasteiger partial charge in [0.15, 0.2) is 0 Å². The van der Waals surface area contributed by atoms with Crippen LogP contribution in [-0.2, 0) is 20.6 Å². The summed E-state index contributed by atoms with van der Waals surface area (Å²) in [6.45, 7) is -0.395. The van der Waals surface area contributed by atoms with E-state index < -0.39 is 22.5 Å². The van der Waals surface area contributed by atoms with Crippen molar-refractivity contribution in [3.63, 3.8) is 0 Å². The molecule has 0 spiro atoms. The van der Waals surface area contributed by atoms with Crippen molar-refractivity contribution >= 4 is 16.0 Å². The lowest BCUT2D eigenvalue weighted by Gasteiger charge is -2.15. The van der Waals surface area contributed by atoms with Gasteiger partial charge < -0.3 is 5.11 Å². The Morgan fingerprint density at radius 3 is 2.47 bits per heavy atom. The number of sulfonamides is 1. The number of carboxylic acid groups (broad SMARTS) is 1. The molecule has 7 heteroatoms. The molecule has 0 saturated heterocycles. The van der Waals surface area contributed by atoms with Crippen LogP contribution in [0.2, 0.25) is 0 Å². The number of hydrazine groups is 1. The summed E-state index contributed by atoms with van der Waals surface area (Å²) in [5, 5.41) is 9.51. The van der Waals surface area contributed by atoms with E-state index in [1.807, 2.05) is 0 Å². The van der Waals surface area contributed by atoms with Gasteiger partial charge in [0, 0.05) is 7.05 Å². The second kappa shape index (κ2) is 5.76. The van der Waals surface area contributed by atoms with E-state index >= 15 is 0 Å². The summed E-state index contributed by atoms with van der Waals surface area (Å²) in [6.07, 6.45) is 0. The van der Waals surface area contributed by atoms with Gasteiger partial charge in [-0.2, -0.15) is 0 Å². The molecule has 0 aliphatic heterocycles. The molecule has 0 aliphatic rings. The zero-order valence-corrected chi connectivity index (χ0v) is 10.1. The maximum Gasteiger partial charge on any atom is 0.319 e. The number of rotatable bonds is 6. The Balaban J connectivity index is 2.61. The molecule has 2 N–H and O–H groups in total. The minimum absolute atomic E-state index is 0.183. The lowest BCUT2D eigenvalue weighted by atomic mass is 10.2. The standard InChI is InChI=1S/C10H14N2O4S/c1-12(7-10(13)14)11-17(15,16)8-9-5-3-2-4-6-9/h2-6,11H,7-8H2,1H3,(H,13,14). The summed E-state index contributed by atoms with van der Waals surface area (Å²) in [7, 11) is -2.21. The molecule has 0 fully saturated rings. The molecule has 1 rings (SSSR count). The first-order valence-corrected chi connectivity index (χ1v) is 6.51. The van der Waals surface area contributed by atoms with E-state index in [0.717, 1.165) is 5.01 Å². The molecule has 0 aliphatic carbocycles. The van der Waals surface area contributed by atoms with Gasteiger partial charge in [-0.25, -0.2) is 13.4 Å². The van der Waals surface area contributed by atoms with E-state index in [0.29, 0.717) is 5.56 Å². The van der Waals surface area contributed by atoms with Gasteiger partial charge in [0.25, 0.3) is 0 Å². The summed E-state index contributed by atoms with van der Waals surface area (Å²) >= 11 is 0. The molecule has 0 unspecified atom stereocenters. The molecular formula is C10H14N2O4S. The number of hydrogen-bond acceptors (Lipinski definition) is 4. The number of nitrogens with zero attached hydrogens (tertiary/aromatic N) is 1. The Morgan fingerprint density at radius 1 is 1.35 bits per heavy atom. The highest BCUT2D eigenvalue weighted by Crippen LogP contribution is 2.04. The first-order chi connectivity index (χ1) is 7.89. The molecule has 0 saturated carbocycles. The molecule has 6 nitrogen and oxygen atoms in total. The van der Waals surface area contributed by atoms with Gasteiger partial charge in [-0.15, -0.1) is 4.83 Å². The largest absolute Gasteiger partial charge is 0.480 e. The van der Waals surface area contributed by atoms with Crippen LogP contribution in [0.4, 0.5) is 0 Å². The third kappa shape index (κ3) is 5.43. The molecule has 0 heterocycles. The molecule has 17 heavy (non-hydrogen) atoms. The molecule has 0 amide bonds. The number of carbonyl (C=O) groups is 1. The normalized spacial score (nSPS) is 11.6. The highest BCUT2D eigenvalue weighted by Gasteiger charge is 2.15. The summed E-state index contributed by atoms with van der Waals surface area (Å²) in [5.74, 6) is -1.28. The fraction of sp³-hybridized carbons (Fsp3) is 0.300. The van der Waals surface area contributed by atoms with Crippen LogP contribution >= 0.6 is 0 Å². The monoisotopic (exact) mass is 258 g/mol. The molecule has 0 atom stereocenters. The maximum atomic E-state index is 11.6. The van der Waals surface area contributed by atoms with Crippen LogP contribution in [-0.4, -0.2) is 38.1 Å². The fourth-order valence-electron chi connectivity index (χ4n) is 1.30. The second-order valence-electron chi connectivity index (χ2n) is 3.59. The number of nitrogens with one attached hydrogen (secondary N) is 1. The summed E-state index contributed by atoms with van der Waals surface area (Å²) in [5.41, 5.74) is 0.642. The second-order valence-corrected chi connectivity index (χ2v) is 5.29. The molecule has 0 radical (unpaired) electrons. The maximum absolute atomic E-state index is 11.6. The number of hydrogen-bond donors (Lipinski definition) is 2. The van der Waals surface area contributed by atoms with E-state index in [-0.39, 0.29) is 5.75 Å². The van der Waals surface area contributed by atoms with Crippen LogP contribution in [0.3, 0.4) is 0 Å². The summed E-state index contributed by atoms with van der Waals surface area (Å²) in [6, 6.07) is 8.66. The lowest BCUT2D eigenvalue weighted by molar-refractivity contribution is -0.138. The number of carboxylic acids is 1. The van der Waals surface area contributed by atoms with Gasteiger partial charge in [-0.05, 0) is 5.56 Å². The minimum atomic E-state index is -3.57. The highest BCUT2D eigenvalue weighted by molar-refractivity contribution is 7.88. The van der Waals surface area contributed by atoms with Crippen molar-refractivity contribution < 1.29 is 18.3 Å². The SMILES string of the molecule is CN(CC(=O)O)NS(=O)(=O)Cc1ccccc1. The summed E-state index contributed by atoms with van der Waals surface area (Å²) in [4.78, 5) is 12.5. The van der Waals surface area contributed by atoms with Gasteiger partial charge in [-0.3, -0.25) is 4.79 Å². The Labute approximate surface area is 99.9 Å². The Bertz CT molecular complexity index is 472. The van der Waals surface area contributed by atoms with Crippen molar-refractivity contribution in [1.82, 2.24) is 9.84 Å². The average molecular weight is 258 g/mol. The van der Waals surface area contributed by atoms with Crippen molar-refractivity contribution in [1.29, 1.82) is 0 Å². The molecular weight excluding hydrogens is 244 g/mol. The Kier molecular flexibility index (Phi) is 4.62. The van der Waals surface area contributed by atoms with Crippen LogP contribution in [0.1, 0.15) is 5.56 Å². The van der Waals surface area contributed by atoms with Gasteiger partial charge in [-0.1, -0.05) is 30.3 Å². The fourth-order valence-corrected chi connectivity index (χ4v) is 2.53. The van der Waals surface area contributed by atoms with E-state index in [4.69, 9.17) is 5.11 Å². The van der Waals surface area contributed by atoms with Crippen LogP contribution in [0.15, 0.2) is 30.3 Å². The average Bonchev–Trinajstić information content (AvgIpc) is 2.15. The van der Waals surface area contributed by atoms with Crippen LogP contribution in [0, 0.1) is 0 Å². The third-order valence-corrected chi connectivity index (χ3v) is 3.17. The van der Waals surface area contributed by atoms with E-state index in [1.165, 1.54) is 7.05 Å². The van der Waals surface area contributed by atoms with Gasteiger partial charge >= 0.3 is 5.97 Å². The van der Waals surface area contributed by atoms with Gasteiger partial charge in [0.2, 0.25) is 10.0 Å². The third-order valence-electron chi connectivity index (χ3n) is 1.87. The topological polar surface area (TPSA) is 86.7 Å². The molecule has 1 aromatic rings.